The maximum Gasteiger partial charge on any atom is 0.302 e. The molecule has 202 valence electrons. The summed E-state index contributed by atoms with van der Waals surface area (Å²) in [5.74, 6) is 1.56. The van der Waals surface area contributed by atoms with E-state index < -0.39 is 10.0 Å². The van der Waals surface area contributed by atoms with Gasteiger partial charge in [0, 0.05) is 55.0 Å². The summed E-state index contributed by atoms with van der Waals surface area (Å²) in [5.41, 5.74) is 2.03. The summed E-state index contributed by atoms with van der Waals surface area (Å²) in [4.78, 5) is 23.5. The van der Waals surface area contributed by atoms with Crippen molar-refractivity contribution < 1.29 is 17.9 Å². The van der Waals surface area contributed by atoms with Gasteiger partial charge in [0.15, 0.2) is 5.82 Å². The van der Waals surface area contributed by atoms with E-state index in [0.29, 0.717) is 29.9 Å². The van der Waals surface area contributed by atoms with Crippen molar-refractivity contribution >= 4 is 56.8 Å². The van der Waals surface area contributed by atoms with Crippen LogP contribution in [-0.2, 0) is 26.1 Å². The van der Waals surface area contributed by atoms with Gasteiger partial charge in [-0.1, -0.05) is 24.4 Å². The molecule has 1 aliphatic carbocycles. The van der Waals surface area contributed by atoms with Gasteiger partial charge in [-0.3, -0.25) is 9.69 Å². The van der Waals surface area contributed by atoms with Crippen molar-refractivity contribution in [1.82, 2.24) is 19.6 Å². The minimum absolute atomic E-state index is 0.119. The lowest BCUT2D eigenvalue weighted by Gasteiger charge is -2.32. The van der Waals surface area contributed by atoms with E-state index in [1.807, 2.05) is 17.8 Å². The Labute approximate surface area is 227 Å². The lowest BCUT2D eigenvalue weighted by molar-refractivity contribution is -0.141. The Bertz CT molecular complexity index is 1220. The second kappa shape index (κ2) is 12.6. The van der Waals surface area contributed by atoms with Crippen molar-refractivity contribution in [3.8, 4) is 0 Å². The summed E-state index contributed by atoms with van der Waals surface area (Å²) in [6.45, 7) is 4.15. The number of halogens is 1. The fraction of sp³-hybridized carbons (Fsp3) is 0.542. The molecule has 2 atom stereocenters. The third-order valence-electron chi connectivity index (χ3n) is 6.29. The number of hydrogen-bond donors (Lipinski definition) is 3. The zero-order valence-corrected chi connectivity index (χ0v) is 23.4. The molecule has 0 spiro atoms. The average Bonchev–Trinajstić information content (AvgIpc) is 3.03. The number of sulfonamides is 1. The highest BCUT2D eigenvalue weighted by Gasteiger charge is 2.28. The number of ether oxygens (including phenoxy) is 1. The number of carbonyl (C=O) groups excluding carboxylic acids is 1. The Balaban J connectivity index is 1.45. The van der Waals surface area contributed by atoms with Crippen LogP contribution in [0.5, 0.6) is 0 Å². The lowest BCUT2D eigenvalue weighted by Crippen LogP contribution is -2.48. The molecule has 1 aromatic heterocycles. The number of fused-ring (bicyclic) bond motifs is 1. The van der Waals surface area contributed by atoms with E-state index in [0.717, 1.165) is 50.2 Å². The molecule has 2 aromatic rings. The Morgan fingerprint density at radius 3 is 2.81 bits per heavy atom. The van der Waals surface area contributed by atoms with E-state index in [1.54, 1.807) is 0 Å². The van der Waals surface area contributed by atoms with E-state index in [4.69, 9.17) is 16.3 Å². The zero-order valence-electron chi connectivity index (χ0n) is 21.0. The Morgan fingerprint density at radius 1 is 1.27 bits per heavy atom. The molecule has 0 bridgehead atoms. The highest BCUT2D eigenvalue weighted by molar-refractivity contribution is 7.99. The molecule has 4 rings (SSSR count). The fourth-order valence-corrected chi connectivity index (χ4v) is 6.61. The zero-order chi connectivity index (χ0) is 26.4. The minimum Gasteiger partial charge on any atom is -0.465 e. The smallest absolute Gasteiger partial charge is 0.302 e. The standard InChI is InChI=1S/C24H33ClN6O4S2/c1-16(32)35-11-9-31-10-12-36-22-8-7-18(13-17(22)15-31)27-24-26-14-19(25)23(29-24)28-20-5-3-4-6-21(20)30-37(2,33)34/h7-8,13-14,20-21,30H,3-6,9-12,15H2,1-2H3,(H2,26,27,28,29)/t20-,21-/m1/s1. The predicted molar refractivity (Wildman–Crippen MR) is 147 cm³/mol. The van der Waals surface area contributed by atoms with Crippen LogP contribution in [0, 0.1) is 0 Å². The number of nitrogens with one attached hydrogen (secondary N) is 3. The third kappa shape index (κ3) is 8.44. The molecule has 1 aliphatic heterocycles. The van der Waals surface area contributed by atoms with Crippen LogP contribution < -0.4 is 15.4 Å². The van der Waals surface area contributed by atoms with Gasteiger partial charge in [-0.05, 0) is 36.6 Å². The molecule has 37 heavy (non-hydrogen) atoms. The molecule has 0 radical (unpaired) electrons. The Hall–Kier alpha value is -2.12. The van der Waals surface area contributed by atoms with Crippen LogP contribution in [0.4, 0.5) is 17.5 Å². The van der Waals surface area contributed by atoms with Gasteiger partial charge >= 0.3 is 5.97 Å². The topological polar surface area (TPSA) is 126 Å². The van der Waals surface area contributed by atoms with Crippen molar-refractivity contribution in [2.45, 2.75) is 56.1 Å². The lowest BCUT2D eigenvalue weighted by atomic mass is 9.91. The van der Waals surface area contributed by atoms with Gasteiger partial charge in [-0.2, -0.15) is 4.98 Å². The van der Waals surface area contributed by atoms with Crippen molar-refractivity contribution in [3.63, 3.8) is 0 Å². The number of thioether (sulfide) groups is 1. The van der Waals surface area contributed by atoms with Crippen LogP contribution in [0.15, 0.2) is 29.3 Å². The molecule has 0 unspecified atom stereocenters. The van der Waals surface area contributed by atoms with Gasteiger partial charge in [0.25, 0.3) is 0 Å². The summed E-state index contributed by atoms with van der Waals surface area (Å²) in [6.07, 6.45) is 6.25. The van der Waals surface area contributed by atoms with Crippen molar-refractivity contribution in [2.24, 2.45) is 0 Å². The summed E-state index contributed by atoms with van der Waals surface area (Å²) in [7, 11) is -3.33. The second-order valence-corrected chi connectivity index (χ2v) is 12.7. The minimum atomic E-state index is -3.33. The number of hydrogen-bond acceptors (Lipinski definition) is 10. The van der Waals surface area contributed by atoms with Gasteiger partial charge in [0.1, 0.15) is 11.6 Å². The highest BCUT2D eigenvalue weighted by atomic mass is 35.5. The molecule has 1 aromatic carbocycles. The molecule has 3 N–H and O–H groups in total. The molecular weight excluding hydrogens is 536 g/mol. The van der Waals surface area contributed by atoms with E-state index in [-0.39, 0.29) is 18.1 Å². The first-order chi connectivity index (χ1) is 17.7. The van der Waals surface area contributed by atoms with Crippen molar-refractivity contribution in [1.29, 1.82) is 0 Å². The van der Waals surface area contributed by atoms with Crippen LogP contribution in [-0.4, -0.2) is 73.0 Å². The fourth-order valence-electron chi connectivity index (χ4n) is 4.59. The maximum absolute atomic E-state index is 11.8. The summed E-state index contributed by atoms with van der Waals surface area (Å²) < 4.78 is 31.5. The number of rotatable bonds is 9. The SMILES string of the molecule is CC(=O)OCCN1CCSc2ccc(Nc3ncc(Cl)c(N[C@@H]4CCCC[C@H]4NS(C)(=O)=O)n3)cc2C1. The van der Waals surface area contributed by atoms with Crippen LogP contribution >= 0.6 is 23.4 Å². The van der Waals surface area contributed by atoms with E-state index in [1.165, 1.54) is 29.8 Å². The quantitative estimate of drug-likeness (QED) is 0.386. The van der Waals surface area contributed by atoms with Gasteiger partial charge < -0.3 is 15.4 Å². The van der Waals surface area contributed by atoms with E-state index in [9.17, 15) is 13.2 Å². The predicted octanol–water partition coefficient (Wildman–Crippen LogP) is 3.62. The van der Waals surface area contributed by atoms with Crippen LogP contribution in [0.3, 0.4) is 0 Å². The van der Waals surface area contributed by atoms with Gasteiger partial charge in [-0.15, -0.1) is 11.8 Å². The van der Waals surface area contributed by atoms with Crippen LogP contribution in [0.1, 0.15) is 38.2 Å². The maximum atomic E-state index is 11.8. The Kier molecular flexibility index (Phi) is 9.51. The first-order valence-corrected chi connectivity index (χ1v) is 15.6. The summed E-state index contributed by atoms with van der Waals surface area (Å²) >= 11 is 8.21. The number of benzene rings is 1. The molecular formula is C24H33ClN6O4S2. The number of esters is 1. The molecule has 0 saturated heterocycles. The van der Waals surface area contributed by atoms with E-state index >= 15 is 0 Å². The monoisotopic (exact) mass is 568 g/mol. The van der Waals surface area contributed by atoms with Gasteiger partial charge in [-0.25, -0.2) is 18.1 Å². The largest absolute Gasteiger partial charge is 0.465 e. The van der Waals surface area contributed by atoms with Crippen molar-refractivity contribution in [2.75, 3.05) is 42.3 Å². The molecule has 13 heteroatoms. The number of aromatic nitrogens is 2. The van der Waals surface area contributed by atoms with Gasteiger partial charge in [0.05, 0.1) is 12.5 Å². The van der Waals surface area contributed by atoms with Crippen LogP contribution in [0.25, 0.3) is 0 Å². The average molecular weight is 569 g/mol. The molecule has 0 amide bonds. The third-order valence-corrected chi connectivity index (χ3v) is 8.39. The first-order valence-electron chi connectivity index (χ1n) is 12.3. The number of nitrogens with zero attached hydrogens (tertiary/aromatic N) is 3. The highest BCUT2D eigenvalue weighted by Crippen LogP contribution is 2.31. The summed E-state index contributed by atoms with van der Waals surface area (Å²) in [6, 6.07) is 5.84. The van der Waals surface area contributed by atoms with Crippen molar-refractivity contribution in [3.05, 3.63) is 35.0 Å². The second-order valence-electron chi connectivity index (χ2n) is 9.33. The molecule has 2 aliphatic rings. The van der Waals surface area contributed by atoms with Gasteiger partial charge in [0.2, 0.25) is 16.0 Å². The molecule has 2 heterocycles. The van der Waals surface area contributed by atoms with E-state index in [2.05, 4.69) is 42.4 Å². The Morgan fingerprint density at radius 2 is 2.05 bits per heavy atom. The molecule has 10 nitrogen and oxygen atoms in total. The summed E-state index contributed by atoms with van der Waals surface area (Å²) in [5, 5.41) is 6.99. The number of carbonyl (C=O) groups is 1. The molecule has 1 fully saturated rings. The number of anilines is 3. The molecule has 1 saturated carbocycles. The first kappa shape index (κ1) is 27.9. The normalized spacial score (nSPS) is 20.5. The van der Waals surface area contributed by atoms with Crippen LogP contribution in [0.2, 0.25) is 5.02 Å².